The highest BCUT2D eigenvalue weighted by Crippen LogP contribution is 2.29. The molecule has 0 aliphatic carbocycles. The van der Waals surface area contributed by atoms with Crippen molar-refractivity contribution in [3.05, 3.63) is 120 Å². The van der Waals surface area contributed by atoms with Gasteiger partial charge in [0.1, 0.15) is 29.6 Å². The Morgan fingerprint density at radius 3 is 1.89 bits per heavy atom. The van der Waals surface area contributed by atoms with Gasteiger partial charge in [0.2, 0.25) is 0 Å². The third-order valence-corrected chi connectivity index (χ3v) is 8.22. The molecule has 0 bridgehead atoms. The van der Waals surface area contributed by atoms with Crippen LogP contribution in [0.25, 0.3) is 16.9 Å². The van der Waals surface area contributed by atoms with Gasteiger partial charge in [-0.2, -0.15) is 0 Å². The molecule has 240 valence electrons. The predicted molar refractivity (Wildman–Crippen MR) is 188 cm³/mol. The van der Waals surface area contributed by atoms with Crippen LogP contribution in [0.1, 0.15) is 52.4 Å². The van der Waals surface area contributed by atoms with Crippen LogP contribution in [0.3, 0.4) is 0 Å². The van der Waals surface area contributed by atoms with Gasteiger partial charge in [0, 0.05) is 29.0 Å². The van der Waals surface area contributed by atoms with Crippen molar-refractivity contribution in [2.45, 2.75) is 53.1 Å². The van der Waals surface area contributed by atoms with Crippen molar-refractivity contribution in [3.63, 3.8) is 0 Å². The summed E-state index contributed by atoms with van der Waals surface area (Å²) in [5.74, 6) is 3.92. The van der Waals surface area contributed by atoms with Crippen molar-refractivity contribution in [1.29, 1.82) is 0 Å². The van der Waals surface area contributed by atoms with Crippen LogP contribution in [0.4, 0.5) is 0 Å². The number of hydrogen-bond acceptors (Lipinski definition) is 5. The van der Waals surface area contributed by atoms with Gasteiger partial charge in [-0.05, 0) is 115 Å². The second kappa shape index (κ2) is 15.4. The molecule has 46 heavy (non-hydrogen) atoms. The van der Waals surface area contributed by atoms with E-state index in [-0.39, 0.29) is 5.41 Å². The van der Waals surface area contributed by atoms with Crippen molar-refractivity contribution in [1.82, 2.24) is 14.5 Å². The molecule has 0 radical (unpaired) electrons. The van der Waals surface area contributed by atoms with Gasteiger partial charge in [-0.1, -0.05) is 58.4 Å². The maximum Gasteiger partial charge on any atom is 0.152 e. The maximum absolute atomic E-state index is 6.25. The van der Waals surface area contributed by atoms with Gasteiger partial charge < -0.3 is 23.7 Å². The van der Waals surface area contributed by atoms with Crippen LogP contribution >= 0.6 is 11.6 Å². The fourth-order valence-electron chi connectivity index (χ4n) is 5.14. The smallest absolute Gasteiger partial charge is 0.152 e. The third kappa shape index (κ3) is 8.93. The quantitative estimate of drug-likeness (QED) is 0.113. The average molecular weight is 638 g/mol. The van der Waals surface area contributed by atoms with Gasteiger partial charge in [-0.15, -0.1) is 0 Å². The zero-order chi connectivity index (χ0) is 32.5. The van der Waals surface area contributed by atoms with Crippen LogP contribution in [-0.4, -0.2) is 40.7 Å². The van der Waals surface area contributed by atoms with E-state index < -0.39 is 0 Å². The molecule has 0 amide bonds. The van der Waals surface area contributed by atoms with Gasteiger partial charge in [-0.3, -0.25) is 0 Å². The minimum absolute atomic E-state index is 0.0824. The highest BCUT2D eigenvalue weighted by Gasteiger charge is 2.15. The first-order chi connectivity index (χ1) is 22.2. The lowest BCUT2D eigenvalue weighted by molar-refractivity contribution is 0.249. The van der Waals surface area contributed by atoms with E-state index >= 15 is 0 Å². The molecule has 1 heterocycles. The molecule has 7 heteroatoms. The molecule has 0 aliphatic heterocycles. The number of nitrogens with zero attached hydrogens (tertiary/aromatic N) is 3. The van der Waals surface area contributed by atoms with Gasteiger partial charge in [0.15, 0.2) is 5.82 Å². The Bertz CT molecular complexity index is 1650. The van der Waals surface area contributed by atoms with Crippen molar-refractivity contribution < 1.29 is 14.2 Å². The summed E-state index contributed by atoms with van der Waals surface area (Å²) < 4.78 is 20.4. The first-order valence-corrected chi connectivity index (χ1v) is 16.4. The molecule has 1 aromatic heterocycles. The molecule has 5 rings (SSSR count). The topological polar surface area (TPSA) is 48.8 Å². The Morgan fingerprint density at radius 2 is 1.28 bits per heavy atom. The van der Waals surface area contributed by atoms with Crippen LogP contribution in [0.2, 0.25) is 5.02 Å². The number of benzene rings is 4. The SMILES string of the molecule is CCN(CC)CCCOc1ccc(-c2cn(-c3ccc(Oc4ccc(Cl)cc4)cc3)c(COc3ccc(C(C)(C)C)cc3)n2)cc1. The Kier molecular flexibility index (Phi) is 11.1. The van der Waals surface area contributed by atoms with E-state index in [9.17, 15) is 0 Å². The zero-order valence-electron chi connectivity index (χ0n) is 27.5. The lowest BCUT2D eigenvalue weighted by Gasteiger charge is -2.19. The van der Waals surface area contributed by atoms with Crippen LogP contribution in [0.15, 0.2) is 103 Å². The van der Waals surface area contributed by atoms with E-state index in [1.807, 2.05) is 72.8 Å². The summed E-state index contributed by atoms with van der Waals surface area (Å²) in [6.07, 6.45) is 3.05. The van der Waals surface area contributed by atoms with Gasteiger partial charge in [0.25, 0.3) is 0 Å². The molecule has 0 fully saturated rings. The number of rotatable bonds is 14. The molecule has 0 saturated heterocycles. The summed E-state index contributed by atoms with van der Waals surface area (Å²) in [5, 5.41) is 0.673. The molecule has 6 nitrogen and oxygen atoms in total. The molecule has 0 saturated carbocycles. The third-order valence-electron chi connectivity index (χ3n) is 7.96. The average Bonchev–Trinajstić information content (AvgIpc) is 3.49. The summed E-state index contributed by atoms with van der Waals surface area (Å²) in [6.45, 7) is 15.2. The summed E-state index contributed by atoms with van der Waals surface area (Å²) in [6, 6.07) is 31.7. The summed E-state index contributed by atoms with van der Waals surface area (Å²) >= 11 is 6.02. The molecule has 0 unspecified atom stereocenters. The lowest BCUT2D eigenvalue weighted by Crippen LogP contribution is -2.25. The van der Waals surface area contributed by atoms with Gasteiger partial charge >= 0.3 is 0 Å². The van der Waals surface area contributed by atoms with Crippen LogP contribution in [0, 0.1) is 0 Å². The standard InChI is InChI=1S/C39H44ClN3O3/c1-6-42(7-2)25-8-26-44-33-17-9-29(10-18-33)37-27-43(32-15-23-36(24-16-32)46-35-21-13-31(40)14-22-35)38(41-37)28-45-34-19-11-30(12-20-34)39(3,4)5/h9-24,27H,6-8,25-26,28H2,1-5H3. The summed E-state index contributed by atoms with van der Waals surface area (Å²) in [7, 11) is 0. The van der Waals surface area contributed by atoms with E-state index in [1.54, 1.807) is 0 Å². The second-order valence-corrected chi connectivity index (χ2v) is 12.7. The first-order valence-electron chi connectivity index (χ1n) is 16.0. The van der Waals surface area contributed by atoms with Crippen LogP contribution in [-0.2, 0) is 12.0 Å². The molecular weight excluding hydrogens is 594 g/mol. The van der Waals surface area contributed by atoms with E-state index in [0.29, 0.717) is 18.2 Å². The number of aromatic nitrogens is 2. The number of imidazole rings is 1. The second-order valence-electron chi connectivity index (χ2n) is 12.3. The minimum atomic E-state index is 0.0824. The highest BCUT2D eigenvalue weighted by atomic mass is 35.5. The molecule has 5 aromatic rings. The van der Waals surface area contributed by atoms with Crippen molar-refractivity contribution in [2.75, 3.05) is 26.2 Å². The van der Waals surface area contributed by atoms with Crippen molar-refractivity contribution >= 4 is 11.6 Å². The van der Waals surface area contributed by atoms with E-state index in [1.165, 1.54) is 5.56 Å². The van der Waals surface area contributed by atoms with Crippen LogP contribution < -0.4 is 14.2 Å². The number of hydrogen-bond donors (Lipinski definition) is 0. The largest absolute Gasteiger partial charge is 0.494 e. The maximum atomic E-state index is 6.25. The van der Waals surface area contributed by atoms with E-state index in [2.05, 4.69) is 74.5 Å². The van der Waals surface area contributed by atoms with Gasteiger partial charge in [-0.25, -0.2) is 4.98 Å². The Morgan fingerprint density at radius 1 is 0.717 bits per heavy atom. The number of ether oxygens (including phenoxy) is 3. The monoisotopic (exact) mass is 637 g/mol. The molecule has 4 aromatic carbocycles. The first kappa shape index (κ1) is 33.1. The Labute approximate surface area is 278 Å². The highest BCUT2D eigenvalue weighted by molar-refractivity contribution is 6.30. The number of halogens is 1. The van der Waals surface area contributed by atoms with Crippen molar-refractivity contribution in [2.24, 2.45) is 0 Å². The normalized spacial score (nSPS) is 11.5. The molecular formula is C39H44ClN3O3. The van der Waals surface area contributed by atoms with Crippen LogP contribution in [0.5, 0.6) is 23.0 Å². The van der Waals surface area contributed by atoms with Crippen molar-refractivity contribution in [3.8, 4) is 39.9 Å². The molecule has 0 N–H and O–H groups in total. The Balaban J connectivity index is 1.33. The van der Waals surface area contributed by atoms with E-state index in [0.717, 1.165) is 71.8 Å². The summed E-state index contributed by atoms with van der Waals surface area (Å²) in [4.78, 5) is 7.43. The molecule has 0 spiro atoms. The minimum Gasteiger partial charge on any atom is -0.494 e. The predicted octanol–water partition coefficient (Wildman–Crippen LogP) is 9.97. The zero-order valence-corrected chi connectivity index (χ0v) is 28.3. The molecule has 0 aliphatic rings. The van der Waals surface area contributed by atoms with E-state index in [4.69, 9.17) is 30.8 Å². The fourth-order valence-corrected chi connectivity index (χ4v) is 5.26. The fraction of sp³-hybridized carbons (Fsp3) is 0.308. The van der Waals surface area contributed by atoms with Gasteiger partial charge in [0.05, 0.1) is 12.3 Å². The Hall–Kier alpha value is -4.26. The summed E-state index contributed by atoms with van der Waals surface area (Å²) in [5.41, 5.74) is 4.17. The lowest BCUT2D eigenvalue weighted by atomic mass is 9.87. The molecule has 0 atom stereocenters.